The van der Waals surface area contributed by atoms with E-state index in [1.807, 2.05) is 0 Å². The molecule has 1 fully saturated rings. The standard InChI is InChI=1S/C17H21NO6/c1-10-14-11(19)3-2-4-12(14)24-15(10)16(22)18-17(9-13(20)21)5-7-23-8-6-17/h2-9H2,1H3,(H,18,22)(H,20,21). The van der Waals surface area contributed by atoms with E-state index in [4.69, 9.17) is 9.15 Å². The number of aliphatic carboxylic acids is 1. The summed E-state index contributed by atoms with van der Waals surface area (Å²) in [6.45, 7) is 2.51. The Labute approximate surface area is 139 Å². The Balaban J connectivity index is 1.86. The number of amides is 1. The van der Waals surface area contributed by atoms with Crippen LogP contribution in [0.4, 0.5) is 0 Å². The Morgan fingerprint density at radius 3 is 2.58 bits per heavy atom. The summed E-state index contributed by atoms with van der Waals surface area (Å²) < 4.78 is 10.9. The smallest absolute Gasteiger partial charge is 0.305 e. The van der Waals surface area contributed by atoms with Gasteiger partial charge in [-0.1, -0.05) is 0 Å². The van der Waals surface area contributed by atoms with E-state index in [1.165, 1.54) is 0 Å². The molecule has 0 atom stereocenters. The third-order valence-corrected chi connectivity index (χ3v) is 4.83. The van der Waals surface area contributed by atoms with Gasteiger partial charge >= 0.3 is 5.97 Å². The largest absolute Gasteiger partial charge is 0.481 e. The molecule has 24 heavy (non-hydrogen) atoms. The molecule has 2 heterocycles. The number of fused-ring (bicyclic) bond motifs is 1. The molecular formula is C17H21NO6. The van der Waals surface area contributed by atoms with Crippen LogP contribution < -0.4 is 5.32 Å². The number of nitrogens with one attached hydrogen (secondary N) is 1. The molecule has 1 aromatic rings. The van der Waals surface area contributed by atoms with Crippen LogP contribution in [0.25, 0.3) is 0 Å². The molecule has 0 bridgehead atoms. The fraction of sp³-hybridized carbons (Fsp3) is 0.588. The number of carboxylic acids is 1. The summed E-state index contributed by atoms with van der Waals surface area (Å²) >= 11 is 0. The second-order valence-corrected chi connectivity index (χ2v) is 6.55. The molecule has 0 radical (unpaired) electrons. The SMILES string of the molecule is Cc1c(C(=O)NC2(CC(=O)O)CCOCC2)oc2c1C(=O)CCC2. The summed E-state index contributed by atoms with van der Waals surface area (Å²) in [4.78, 5) is 35.9. The lowest BCUT2D eigenvalue weighted by Gasteiger charge is -2.36. The summed E-state index contributed by atoms with van der Waals surface area (Å²) in [6, 6.07) is 0. The van der Waals surface area contributed by atoms with Gasteiger partial charge < -0.3 is 19.6 Å². The number of hydrogen-bond donors (Lipinski definition) is 2. The van der Waals surface area contributed by atoms with Crippen LogP contribution in [0.3, 0.4) is 0 Å². The van der Waals surface area contributed by atoms with Gasteiger partial charge in [-0.25, -0.2) is 0 Å². The van der Waals surface area contributed by atoms with Gasteiger partial charge in [0.25, 0.3) is 5.91 Å². The molecule has 0 unspecified atom stereocenters. The number of furan rings is 1. The van der Waals surface area contributed by atoms with Gasteiger partial charge in [0, 0.05) is 31.6 Å². The number of carbonyl (C=O) groups is 3. The molecule has 1 saturated heterocycles. The van der Waals surface area contributed by atoms with Crippen LogP contribution in [0.2, 0.25) is 0 Å². The number of hydrogen-bond acceptors (Lipinski definition) is 5. The summed E-state index contributed by atoms with van der Waals surface area (Å²) in [5.74, 6) is -0.747. The first-order valence-corrected chi connectivity index (χ1v) is 8.19. The minimum atomic E-state index is -0.970. The third kappa shape index (κ3) is 3.08. The highest BCUT2D eigenvalue weighted by Gasteiger charge is 2.38. The molecule has 0 aromatic carbocycles. The molecule has 130 valence electrons. The number of carbonyl (C=O) groups excluding carboxylic acids is 2. The Kier molecular flexibility index (Phi) is 4.45. The Morgan fingerprint density at radius 2 is 1.96 bits per heavy atom. The van der Waals surface area contributed by atoms with Crippen LogP contribution in [0, 0.1) is 6.92 Å². The molecule has 7 heteroatoms. The molecule has 1 amide bonds. The molecule has 1 aliphatic heterocycles. The van der Waals surface area contributed by atoms with Gasteiger partial charge in [0.1, 0.15) is 5.76 Å². The quantitative estimate of drug-likeness (QED) is 0.870. The van der Waals surface area contributed by atoms with Crippen molar-refractivity contribution in [2.75, 3.05) is 13.2 Å². The van der Waals surface area contributed by atoms with E-state index >= 15 is 0 Å². The van der Waals surface area contributed by atoms with Gasteiger partial charge in [-0.3, -0.25) is 14.4 Å². The van der Waals surface area contributed by atoms with Crippen molar-refractivity contribution >= 4 is 17.7 Å². The number of aryl methyl sites for hydroxylation is 1. The minimum absolute atomic E-state index is 0.00265. The van der Waals surface area contributed by atoms with E-state index in [9.17, 15) is 19.5 Å². The van der Waals surface area contributed by atoms with E-state index in [0.717, 1.165) is 6.42 Å². The van der Waals surface area contributed by atoms with Gasteiger partial charge in [0.15, 0.2) is 11.5 Å². The number of Topliss-reactive ketones (excluding diaryl/α,β-unsaturated/α-hetero) is 1. The van der Waals surface area contributed by atoms with Crippen LogP contribution in [0.15, 0.2) is 4.42 Å². The maximum absolute atomic E-state index is 12.7. The second kappa shape index (κ2) is 6.39. The van der Waals surface area contributed by atoms with E-state index < -0.39 is 17.4 Å². The fourth-order valence-electron chi connectivity index (χ4n) is 3.56. The van der Waals surface area contributed by atoms with Crippen LogP contribution in [0.1, 0.15) is 64.3 Å². The van der Waals surface area contributed by atoms with Gasteiger partial charge in [-0.2, -0.15) is 0 Å². The maximum Gasteiger partial charge on any atom is 0.305 e. The van der Waals surface area contributed by atoms with Crippen molar-refractivity contribution in [3.05, 3.63) is 22.6 Å². The molecule has 0 saturated carbocycles. The maximum atomic E-state index is 12.7. The minimum Gasteiger partial charge on any atom is -0.481 e. The van der Waals surface area contributed by atoms with Crippen LogP contribution in [0.5, 0.6) is 0 Å². The number of ketones is 1. The van der Waals surface area contributed by atoms with E-state index in [2.05, 4.69) is 5.32 Å². The predicted octanol–water partition coefficient (Wildman–Crippen LogP) is 1.86. The van der Waals surface area contributed by atoms with Crippen molar-refractivity contribution in [1.82, 2.24) is 5.32 Å². The number of ether oxygens (including phenoxy) is 1. The first-order chi connectivity index (χ1) is 11.4. The lowest BCUT2D eigenvalue weighted by Crippen LogP contribution is -2.53. The summed E-state index contributed by atoms with van der Waals surface area (Å²) in [5.41, 5.74) is 0.223. The average molecular weight is 335 g/mol. The molecule has 2 aliphatic rings. The topological polar surface area (TPSA) is 106 Å². The summed E-state index contributed by atoms with van der Waals surface area (Å²) in [5, 5.41) is 12.0. The van der Waals surface area contributed by atoms with Gasteiger partial charge in [-0.05, 0) is 26.2 Å². The molecular weight excluding hydrogens is 314 g/mol. The zero-order valence-corrected chi connectivity index (χ0v) is 13.6. The highest BCUT2D eigenvalue weighted by atomic mass is 16.5. The zero-order chi connectivity index (χ0) is 17.3. The summed E-state index contributed by atoms with van der Waals surface area (Å²) in [6.07, 6.45) is 2.53. The molecule has 2 N–H and O–H groups in total. The Hall–Kier alpha value is -2.15. The highest BCUT2D eigenvalue weighted by molar-refractivity contribution is 6.03. The van der Waals surface area contributed by atoms with E-state index in [-0.39, 0.29) is 18.0 Å². The van der Waals surface area contributed by atoms with Crippen molar-refractivity contribution in [3.8, 4) is 0 Å². The molecule has 0 spiro atoms. The monoisotopic (exact) mass is 335 g/mol. The predicted molar refractivity (Wildman–Crippen MR) is 83.2 cm³/mol. The average Bonchev–Trinajstić information content (AvgIpc) is 2.86. The van der Waals surface area contributed by atoms with Gasteiger partial charge in [0.2, 0.25) is 0 Å². The highest BCUT2D eigenvalue weighted by Crippen LogP contribution is 2.31. The van der Waals surface area contributed by atoms with Gasteiger partial charge in [0.05, 0.1) is 17.5 Å². The van der Waals surface area contributed by atoms with Crippen molar-refractivity contribution in [2.24, 2.45) is 0 Å². The molecule has 7 nitrogen and oxygen atoms in total. The second-order valence-electron chi connectivity index (χ2n) is 6.55. The Morgan fingerprint density at radius 1 is 1.25 bits per heavy atom. The van der Waals surface area contributed by atoms with Crippen LogP contribution in [-0.4, -0.2) is 41.5 Å². The lowest BCUT2D eigenvalue weighted by atomic mass is 9.86. The molecule has 1 aromatic heterocycles. The van der Waals surface area contributed by atoms with Gasteiger partial charge in [-0.15, -0.1) is 0 Å². The van der Waals surface area contributed by atoms with Crippen molar-refractivity contribution < 1.29 is 28.6 Å². The van der Waals surface area contributed by atoms with Crippen LogP contribution in [-0.2, 0) is 16.0 Å². The first kappa shape index (κ1) is 16.7. The number of rotatable bonds is 4. The van der Waals surface area contributed by atoms with Crippen molar-refractivity contribution in [2.45, 2.75) is 51.0 Å². The normalized spacial score (nSPS) is 19.6. The molecule has 3 rings (SSSR count). The lowest BCUT2D eigenvalue weighted by molar-refractivity contribution is -0.139. The molecule has 1 aliphatic carbocycles. The first-order valence-electron chi connectivity index (χ1n) is 8.19. The Bertz CT molecular complexity index is 683. The van der Waals surface area contributed by atoms with Crippen molar-refractivity contribution in [1.29, 1.82) is 0 Å². The fourth-order valence-corrected chi connectivity index (χ4v) is 3.56. The van der Waals surface area contributed by atoms with Crippen molar-refractivity contribution in [3.63, 3.8) is 0 Å². The van der Waals surface area contributed by atoms with Crippen LogP contribution >= 0.6 is 0 Å². The third-order valence-electron chi connectivity index (χ3n) is 4.83. The summed E-state index contributed by atoms with van der Waals surface area (Å²) in [7, 11) is 0. The van der Waals surface area contributed by atoms with E-state index in [0.29, 0.717) is 55.8 Å². The number of carboxylic acid groups (broad SMARTS) is 1. The zero-order valence-electron chi connectivity index (χ0n) is 13.6. The van der Waals surface area contributed by atoms with E-state index in [1.54, 1.807) is 6.92 Å².